The van der Waals surface area contributed by atoms with Gasteiger partial charge in [0.25, 0.3) is 0 Å². The van der Waals surface area contributed by atoms with Gasteiger partial charge in [0.1, 0.15) is 0 Å². The minimum atomic E-state index is -0.139. The van der Waals surface area contributed by atoms with E-state index < -0.39 is 0 Å². The molecular formula is C30H50Br4LiNO4Si2. The molecule has 2 aromatic carbocycles. The van der Waals surface area contributed by atoms with Gasteiger partial charge in [0.15, 0.2) is 6.29 Å². The molecule has 0 atom stereocenters. The molecular weight excluding hydrogens is 821 g/mol. The first-order valence-corrected chi connectivity index (χ1v) is 23.8. The van der Waals surface area contributed by atoms with Crippen molar-refractivity contribution in [1.29, 1.82) is 0 Å². The Labute approximate surface area is 305 Å². The average Bonchev–Trinajstić information content (AvgIpc) is 3.63. The van der Waals surface area contributed by atoms with E-state index in [2.05, 4.69) is 103 Å². The van der Waals surface area contributed by atoms with Crippen molar-refractivity contribution in [2.45, 2.75) is 65.0 Å². The van der Waals surface area contributed by atoms with Crippen molar-refractivity contribution in [1.82, 2.24) is 0 Å². The molecule has 2 aliphatic heterocycles. The zero-order chi connectivity index (χ0) is 30.8. The van der Waals surface area contributed by atoms with Crippen molar-refractivity contribution in [3.63, 3.8) is 0 Å². The summed E-state index contributed by atoms with van der Waals surface area (Å²) in [4.78, 5) is 10.4. The topological polar surface area (TPSA) is 78.3 Å². The molecule has 0 aliphatic carbocycles. The van der Waals surface area contributed by atoms with Gasteiger partial charge in [-0.1, -0.05) is 115 Å². The SMILES string of the molecule is C1CCOC1.C1CCOC1.CO/C=C/c1c(Br)cccc1Br.C[SiH](C)C.C[SiH](C)C.O=Cc1c(Br)cccc1Br.[Li+].[NH2-]. The van der Waals surface area contributed by atoms with Crippen LogP contribution in [0.15, 0.2) is 60.6 Å². The molecule has 2 saturated heterocycles. The molecule has 5 nitrogen and oxygen atoms in total. The van der Waals surface area contributed by atoms with Crippen LogP contribution in [0.25, 0.3) is 12.2 Å². The first kappa shape index (κ1) is 49.4. The number of hydrogen-bond acceptors (Lipinski definition) is 4. The predicted molar refractivity (Wildman–Crippen MR) is 200 cm³/mol. The van der Waals surface area contributed by atoms with Crippen LogP contribution in [0.3, 0.4) is 0 Å². The summed E-state index contributed by atoms with van der Waals surface area (Å²) in [6.07, 6.45) is 9.47. The third-order valence-corrected chi connectivity index (χ3v) is 6.91. The Morgan fingerprint density at radius 1 is 0.667 bits per heavy atom. The molecule has 2 aliphatic rings. The van der Waals surface area contributed by atoms with Crippen LogP contribution in [-0.2, 0) is 14.2 Å². The van der Waals surface area contributed by atoms with Gasteiger partial charge >= 0.3 is 18.9 Å². The van der Waals surface area contributed by atoms with E-state index in [0.717, 1.165) is 56.2 Å². The van der Waals surface area contributed by atoms with Gasteiger partial charge in [-0.05, 0) is 56.0 Å². The van der Waals surface area contributed by atoms with Crippen molar-refractivity contribution < 1.29 is 37.9 Å². The first-order valence-electron chi connectivity index (χ1n) is 13.7. The van der Waals surface area contributed by atoms with E-state index in [0.29, 0.717) is 5.56 Å². The third kappa shape index (κ3) is 31.9. The summed E-state index contributed by atoms with van der Waals surface area (Å²) in [6, 6.07) is 11.5. The van der Waals surface area contributed by atoms with E-state index in [-0.39, 0.29) is 42.6 Å². The predicted octanol–water partition coefficient (Wildman–Crippen LogP) is 8.37. The number of ether oxygens (including phenoxy) is 3. The molecule has 0 amide bonds. The minimum Gasteiger partial charge on any atom is -0.693 e. The number of rotatable bonds is 3. The van der Waals surface area contributed by atoms with Crippen molar-refractivity contribution in [3.8, 4) is 0 Å². The van der Waals surface area contributed by atoms with Crippen LogP contribution in [0, 0.1) is 0 Å². The molecule has 236 valence electrons. The van der Waals surface area contributed by atoms with Gasteiger partial charge in [0.2, 0.25) is 0 Å². The van der Waals surface area contributed by atoms with Crippen LogP contribution in [0.4, 0.5) is 0 Å². The number of aldehydes is 1. The van der Waals surface area contributed by atoms with Crippen LogP contribution >= 0.6 is 63.7 Å². The summed E-state index contributed by atoms with van der Waals surface area (Å²) in [5.74, 6) is 0. The number of nitrogens with two attached hydrogens (primary N) is 1. The van der Waals surface area contributed by atoms with Gasteiger partial charge in [0.05, 0.1) is 13.4 Å². The summed E-state index contributed by atoms with van der Waals surface area (Å²) >= 11 is 13.4. The number of carbonyl (C=O) groups is 1. The molecule has 2 heterocycles. The van der Waals surface area contributed by atoms with E-state index in [4.69, 9.17) is 14.2 Å². The molecule has 12 heteroatoms. The number of benzene rings is 2. The number of carbonyl (C=O) groups excluding carboxylic acids is 1. The van der Waals surface area contributed by atoms with Gasteiger partial charge in [-0.3, -0.25) is 4.79 Å². The molecule has 0 aromatic heterocycles. The Balaban J connectivity index is -0.000000217. The second-order valence-corrected chi connectivity index (χ2v) is 20.4. The van der Waals surface area contributed by atoms with Crippen LogP contribution in [-0.4, -0.2) is 57.4 Å². The third-order valence-electron chi connectivity index (χ3n) is 4.14. The molecule has 0 spiro atoms. The van der Waals surface area contributed by atoms with Crippen molar-refractivity contribution in [2.75, 3.05) is 33.5 Å². The Morgan fingerprint density at radius 3 is 1.14 bits per heavy atom. The van der Waals surface area contributed by atoms with Crippen LogP contribution in [0.5, 0.6) is 0 Å². The van der Waals surface area contributed by atoms with Gasteiger partial charge in [0, 0.05) is 73.0 Å². The van der Waals surface area contributed by atoms with Crippen LogP contribution in [0.2, 0.25) is 39.3 Å². The van der Waals surface area contributed by atoms with Gasteiger partial charge in [-0.15, -0.1) is 0 Å². The molecule has 0 saturated carbocycles. The second kappa shape index (κ2) is 34.4. The molecule has 0 bridgehead atoms. The van der Waals surface area contributed by atoms with E-state index in [1.54, 1.807) is 13.4 Å². The molecule has 4 rings (SSSR count). The largest absolute Gasteiger partial charge is 1.00 e. The molecule has 42 heavy (non-hydrogen) atoms. The maximum atomic E-state index is 10.4. The number of hydrogen-bond donors (Lipinski definition) is 0. The maximum absolute atomic E-state index is 10.4. The van der Waals surface area contributed by atoms with Crippen LogP contribution in [0.1, 0.15) is 41.6 Å². The first-order chi connectivity index (χ1) is 19.0. The standard InChI is InChI=1S/C9H8Br2O.C7H4Br2O.2C4H8O.2C3H10Si.Li.H2N/c1-12-6-5-7-8(10)3-2-4-9(7)11;8-6-2-1-3-7(9)5(6)4-10;2*1-2-4-5-3-1;2*1-4(2)3;;/h2-6H,1H3;1-4H;2*1-4H2;2*4H,1-3H3;;1H2/q;;;;;;+1;-1/b6-5+;;;;;;;. The fourth-order valence-corrected chi connectivity index (χ4v) is 4.90. The Hall–Kier alpha value is 0.481. The summed E-state index contributed by atoms with van der Waals surface area (Å²) in [5.41, 5.74) is 1.74. The smallest absolute Gasteiger partial charge is 0.693 e. The van der Waals surface area contributed by atoms with Crippen LogP contribution < -0.4 is 18.9 Å². The summed E-state index contributed by atoms with van der Waals surface area (Å²) in [7, 11) is 1.35. The van der Waals surface area contributed by atoms with Crippen molar-refractivity contribution >= 4 is 93.7 Å². The Bertz CT molecular complexity index is 857. The molecule has 2 aromatic rings. The quantitative estimate of drug-likeness (QED) is 0.177. The fourth-order valence-electron chi connectivity index (χ4n) is 2.45. The van der Waals surface area contributed by atoms with Gasteiger partial charge < -0.3 is 20.4 Å². The van der Waals surface area contributed by atoms with Gasteiger partial charge in [-0.2, -0.15) is 0 Å². The van der Waals surface area contributed by atoms with E-state index >= 15 is 0 Å². The van der Waals surface area contributed by atoms with Crippen molar-refractivity contribution in [2.24, 2.45) is 0 Å². The zero-order valence-corrected chi connectivity index (χ0v) is 35.4. The number of methoxy groups -OCH3 is 1. The van der Waals surface area contributed by atoms with E-state index in [1.807, 2.05) is 42.5 Å². The van der Waals surface area contributed by atoms with E-state index in [1.165, 1.54) is 25.7 Å². The molecule has 2 N–H and O–H groups in total. The Kier molecular flexibility index (Phi) is 40.4. The summed E-state index contributed by atoms with van der Waals surface area (Å²) in [6.45, 7) is 17.8. The van der Waals surface area contributed by atoms with Gasteiger partial charge in [-0.25, -0.2) is 0 Å². The Morgan fingerprint density at radius 2 is 0.952 bits per heavy atom. The fraction of sp³-hybridized carbons (Fsp3) is 0.500. The summed E-state index contributed by atoms with van der Waals surface area (Å²) < 4.78 is 18.4. The maximum Gasteiger partial charge on any atom is 1.00 e. The normalized spacial score (nSPS) is 12.7. The monoisotopic (exact) mass is 867 g/mol. The number of halogens is 4. The molecule has 0 radical (unpaired) electrons. The summed E-state index contributed by atoms with van der Waals surface area (Å²) in [5, 5.41) is 0. The van der Waals surface area contributed by atoms with Crippen molar-refractivity contribution in [3.05, 3.63) is 77.8 Å². The van der Waals surface area contributed by atoms with E-state index in [9.17, 15) is 4.79 Å². The average molecular weight is 871 g/mol. The zero-order valence-electron chi connectivity index (χ0n) is 26.7. The second-order valence-electron chi connectivity index (χ2n) is 10.0. The minimum absolute atomic E-state index is 0. The molecule has 2 fully saturated rings. The molecule has 0 unspecified atom stereocenters.